The van der Waals surface area contributed by atoms with E-state index in [0.717, 1.165) is 17.7 Å². The summed E-state index contributed by atoms with van der Waals surface area (Å²) in [5.41, 5.74) is 2.99. The molecule has 0 spiro atoms. The molecule has 1 amide bonds. The van der Waals surface area contributed by atoms with Crippen LogP contribution in [-0.4, -0.2) is 24.5 Å². The highest BCUT2D eigenvalue weighted by atomic mass is 16.5. The van der Waals surface area contributed by atoms with Gasteiger partial charge in [-0.1, -0.05) is 66.7 Å². The number of hydrogen-bond donors (Lipinski definition) is 0. The van der Waals surface area contributed by atoms with E-state index in [2.05, 4.69) is 12.1 Å². The van der Waals surface area contributed by atoms with Gasteiger partial charge in [0.2, 0.25) is 0 Å². The molecule has 0 heterocycles. The summed E-state index contributed by atoms with van der Waals surface area (Å²) in [5.74, 6) is 0.710. The second kappa shape index (κ2) is 8.86. The molecule has 3 heteroatoms. The predicted molar refractivity (Wildman–Crippen MR) is 104 cm³/mol. The average molecular weight is 345 g/mol. The molecule has 26 heavy (non-hydrogen) atoms. The molecule has 0 aliphatic rings. The Bertz CT molecular complexity index is 831. The largest absolute Gasteiger partial charge is 0.493 e. The van der Waals surface area contributed by atoms with E-state index in [0.29, 0.717) is 18.7 Å². The molecular formula is C23H23NO2. The smallest absolute Gasteiger partial charge is 0.254 e. The molecule has 0 radical (unpaired) electrons. The summed E-state index contributed by atoms with van der Waals surface area (Å²) in [6.07, 6.45) is 0.840. The number of benzene rings is 3. The van der Waals surface area contributed by atoms with Gasteiger partial charge in [0.05, 0.1) is 6.61 Å². The Morgan fingerprint density at radius 3 is 2.19 bits per heavy atom. The zero-order chi connectivity index (χ0) is 18.2. The Balaban J connectivity index is 1.58. The summed E-state index contributed by atoms with van der Waals surface area (Å²) < 4.78 is 5.83. The van der Waals surface area contributed by atoms with Gasteiger partial charge in [-0.25, -0.2) is 0 Å². The van der Waals surface area contributed by atoms with Crippen LogP contribution in [0.1, 0.15) is 21.5 Å². The molecule has 0 aliphatic carbocycles. The number of carbonyl (C=O) groups excluding carboxylic acids is 1. The Hall–Kier alpha value is -3.07. The van der Waals surface area contributed by atoms with E-state index in [1.165, 1.54) is 5.56 Å². The number of carbonyl (C=O) groups is 1. The van der Waals surface area contributed by atoms with Gasteiger partial charge in [0.1, 0.15) is 5.75 Å². The van der Waals surface area contributed by atoms with E-state index in [1.54, 1.807) is 4.90 Å². The standard InChI is InChI=1S/C23H23NO2/c1-24(18-20-11-6-3-7-12-20)23(25)21-13-8-14-22(17-21)26-16-15-19-9-4-2-5-10-19/h2-14,17H,15-16,18H2,1H3. The third-order valence-corrected chi connectivity index (χ3v) is 4.19. The number of nitrogens with zero attached hydrogens (tertiary/aromatic N) is 1. The van der Waals surface area contributed by atoms with Crippen LogP contribution in [0.2, 0.25) is 0 Å². The predicted octanol–water partition coefficient (Wildman–Crippen LogP) is 4.58. The lowest BCUT2D eigenvalue weighted by atomic mass is 10.1. The molecule has 132 valence electrons. The first-order chi connectivity index (χ1) is 12.7. The maximum absolute atomic E-state index is 12.7. The molecule has 0 atom stereocenters. The minimum absolute atomic E-state index is 0.0117. The molecular weight excluding hydrogens is 322 g/mol. The monoisotopic (exact) mass is 345 g/mol. The average Bonchev–Trinajstić information content (AvgIpc) is 2.69. The van der Waals surface area contributed by atoms with Gasteiger partial charge in [-0.05, 0) is 29.3 Å². The highest BCUT2D eigenvalue weighted by Crippen LogP contribution is 2.16. The maximum atomic E-state index is 12.7. The van der Waals surface area contributed by atoms with Crippen molar-refractivity contribution < 1.29 is 9.53 Å². The van der Waals surface area contributed by atoms with Crippen molar-refractivity contribution in [2.45, 2.75) is 13.0 Å². The van der Waals surface area contributed by atoms with Crippen LogP contribution >= 0.6 is 0 Å². The quantitative estimate of drug-likeness (QED) is 0.627. The first-order valence-electron chi connectivity index (χ1n) is 8.78. The zero-order valence-corrected chi connectivity index (χ0v) is 15.0. The van der Waals surface area contributed by atoms with Crippen LogP contribution < -0.4 is 4.74 Å². The van der Waals surface area contributed by atoms with Crippen LogP contribution in [-0.2, 0) is 13.0 Å². The fraction of sp³-hybridized carbons (Fsp3) is 0.174. The normalized spacial score (nSPS) is 10.3. The molecule has 3 nitrogen and oxygen atoms in total. The van der Waals surface area contributed by atoms with Gasteiger partial charge in [-0.2, -0.15) is 0 Å². The van der Waals surface area contributed by atoms with E-state index in [-0.39, 0.29) is 5.91 Å². The van der Waals surface area contributed by atoms with Crippen molar-refractivity contribution >= 4 is 5.91 Å². The van der Waals surface area contributed by atoms with Gasteiger partial charge >= 0.3 is 0 Å². The summed E-state index contributed by atoms with van der Waals surface area (Å²) in [5, 5.41) is 0. The van der Waals surface area contributed by atoms with E-state index in [9.17, 15) is 4.79 Å². The van der Waals surface area contributed by atoms with Crippen molar-refractivity contribution in [2.75, 3.05) is 13.7 Å². The Morgan fingerprint density at radius 1 is 0.846 bits per heavy atom. The van der Waals surface area contributed by atoms with Crippen LogP contribution in [0.4, 0.5) is 0 Å². The lowest BCUT2D eigenvalue weighted by Crippen LogP contribution is -2.26. The molecule has 3 aromatic carbocycles. The highest BCUT2D eigenvalue weighted by Gasteiger charge is 2.12. The first kappa shape index (κ1) is 17.7. The van der Waals surface area contributed by atoms with E-state index in [4.69, 9.17) is 4.74 Å². The second-order valence-electron chi connectivity index (χ2n) is 6.26. The third-order valence-electron chi connectivity index (χ3n) is 4.19. The van der Waals surface area contributed by atoms with Gasteiger partial charge in [0.25, 0.3) is 5.91 Å². The third kappa shape index (κ3) is 4.96. The van der Waals surface area contributed by atoms with Crippen molar-refractivity contribution in [3.05, 3.63) is 102 Å². The number of rotatable bonds is 7. The van der Waals surface area contributed by atoms with E-state index >= 15 is 0 Å². The summed E-state index contributed by atoms with van der Waals surface area (Å²) in [4.78, 5) is 14.4. The number of hydrogen-bond acceptors (Lipinski definition) is 2. The summed E-state index contributed by atoms with van der Waals surface area (Å²) in [6.45, 7) is 1.17. The van der Waals surface area contributed by atoms with Crippen LogP contribution in [0.25, 0.3) is 0 Å². The van der Waals surface area contributed by atoms with E-state index < -0.39 is 0 Å². The van der Waals surface area contributed by atoms with Crippen LogP contribution in [0, 0.1) is 0 Å². The number of amides is 1. The van der Waals surface area contributed by atoms with Gasteiger partial charge in [-0.3, -0.25) is 4.79 Å². The van der Waals surface area contributed by atoms with Crippen molar-refractivity contribution in [3.8, 4) is 5.75 Å². The van der Waals surface area contributed by atoms with Crippen LogP contribution in [0.3, 0.4) is 0 Å². The second-order valence-corrected chi connectivity index (χ2v) is 6.26. The lowest BCUT2D eigenvalue weighted by molar-refractivity contribution is 0.0784. The number of ether oxygens (including phenoxy) is 1. The highest BCUT2D eigenvalue weighted by molar-refractivity contribution is 5.94. The van der Waals surface area contributed by atoms with Gasteiger partial charge < -0.3 is 9.64 Å². The van der Waals surface area contributed by atoms with Crippen molar-refractivity contribution in [2.24, 2.45) is 0 Å². The summed E-state index contributed by atoms with van der Waals surface area (Å²) in [7, 11) is 1.82. The molecule has 0 unspecified atom stereocenters. The van der Waals surface area contributed by atoms with Crippen LogP contribution in [0.15, 0.2) is 84.9 Å². The fourth-order valence-corrected chi connectivity index (χ4v) is 2.80. The topological polar surface area (TPSA) is 29.5 Å². The Kier molecular flexibility index (Phi) is 6.05. The molecule has 0 bridgehead atoms. The Morgan fingerprint density at radius 2 is 1.50 bits per heavy atom. The van der Waals surface area contributed by atoms with Gasteiger partial charge in [0, 0.05) is 25.6 Å². The molecule has 3 rings (SSSR count). The minimum Gasteiger partial charge on any atom is -0.493 e. The maximum Gasteiger partial charge on any atom is 0.254 e. The summed E-state index contributed by atoms with van der Waals surface area (Å²) in [6, 6.07) is 27.6. The van der Waals surface area contributed by atoms with Crippen molar-refractivity contribution in [3.63, 3.8) is 0 Å². The molecule has 0 fully saturated rings. The molecule has 3 aromatic rings. The Labute approximate surface area is 154 Å². The molecule has 0 N–H and O–H groups in total. The molecule has 0 saturated carbocycles. The molecule has 0 aliphatic heterocycles. The first-order valence-corrected chi connectivity index (χ1v) is 8.78. The molecule has 0 saturated heterocycles. The van der Waals surface area contributed by atoms with Gasteiger partial charge in [-0.15, -0.1) is 0 Å². The lowest BCUT2D eigenvalue weighted by Gasteiger charge is -2.18. The van der Waals surface area contributed by atoms with E-state index in [1.807, 2.05) is 79.8 Å². The van der Waals surface area contributed by atoms with Gasteiger partial charge in [0.15, 0.2) is 0 Å². The molecule has 0 aromatic heterocycles. The summed E-state index contributed by atoms with van der Waals surface area (Å²) >= 11 is 0. The van der Waals surface area contributed by atoms with Crippen molar-refractivity contribution in [1.29, 1.82) is 0 Å². The van der Waals surface area contributed by atoms with Crippen molar-refractivity contribution in [1.82, 2.24) is 4.90 Å². The SMILES string of the molecule is CN(Cc1ccccc1)C(=O)c1cccc(OCCc2ccccc2)c1. The fourth-order valence-electron chi connectivity index (χ4n) is 2.80. The van der Waals surface area contributed by atoms with Crippen LogP contribution in [0.5, 0.6) is 5.75 Å². The minimum atomic E-state index is -0.0117. The zero-order valence-electron chi connectivity index (χ0n) is 15.0.